The van der Waals surface area contributed by atoms with Crippen LogP contribution in [0.15, 0.2) is 42.7 Å². The maximum Gasteiger partial charge on any atom is 0.241 e. The Kier molecular flexibility index (Phi) is 4.31. The minimum absolute atomic E-state index is 0.0361. The van der Waals surface area contributed by atoms with Gasteiger partial charge in [-0.1, -0.05) is 36.8 Å². The molecule has 21 heavy (non-hydrogen) atoms. The van der Waals surface area contributed by atoms with Crippen molar-refractivity contribution in [1.29, 1.82) is 0 Å². The molecule has 0 aliphatic carbocycles. The third kappa shape index (κ3) is 3.70. The molecule has 2 heterocycles. The van der Waals surface area contributed by atoms with E-state index in [0.29, 0.717) is 6.54 Å². The number of amides is 1. The summed E-state index contributed by atoms with van der Waals surface area (Å²) in [4.78, 5) is 12.1. The van der Waals surface area contributed by atoms with Gasteiger partial charge < -0.3 is 10.6 Å². The van der Waals surface area contributed by atoms with Crippen molar-refractivity contribution in [1.82, 2.24) is 15.1 Å². The quantitative estimate of drug-likeness (QED) is 0.903. The highest BCUT2D eigenvalue weighted by Crippen LogP contribution is 2.12. The molecule has 0 spiro atoms. The van der Waals surface area contributed by atoms with Crippen LogP contribution in [-0.2, 0) is 11.3 Å². The van der Waals surface area contributed by atoms with E-state index in [-0.39, 0.29) is 11.9 Å². The number of nitrogens with zero attached hydrogens (tertiary/aromatic N) is 2. The summed E-state index contributed by atoms with van der Waals surface area (Å²) in [5.74, 6) is 0.0361. The second-order valence-corrected chi connectivity index (χ2v) is 5.40. The fourth-order valence-corrected chi connectivity index (χ4v) is 2.59. The van der Waals surface area contributed by atoms with Gasteiger partial charge in [-0.15, -0.1) is 0 Å². The first-order valence-corrected chi connectivity index (χ1v) is 7.42. The largest absolute Gasteiger partial charge is 0.322 e. The van der Waals surface area contributed by atoms with Gasteiger partial charge in [-0.05, 0) is 24.9 Å². The van der Waals surface area contributed by atoms with E-state index in [9.17, 15) is 4.79 Å². The SMILES string of the molecule is O=C(Nc1cnn(Cc2ccccc2)c1)[C@H]1CCCCN1. The zero-order valence-electron chi connectivity index (χ0n) is 12.0. The topological polar surface area (TPSA) is 59.0 Å². The molecule has 2 aromatic rings. The number of hydrogen-bond donors (Lipinski definition) is 2. The molecule has 5 nitrogen and oxygen atoms in total. The Morgan fingerprint density at radius 1 is 1.33 bits per heavy atom. The summed E-state index contributed by atoms with van der Waals surface area (Å²) in [5.41, 5.74) is 1.94. The molecule has 0 radical (unpaired) electrons. The number of piperidine rings is 1. The number of aromatic nitrogens is 2. The van der Waals surface area contributed by atoms with E-state index in [1.165, 1.54) is 5.56 Å². The Bertz CT molecular complexity index is 587. The Morgan fingerprint density at radius 3 is 2.95 bits per heavy atom. The molecule has 0 saturated carbocycles. The highest BCUT2D eigenvalue weighted by Gasteiger charge is 2.20. The zero-order chi connectivity index (χ0) is 14.5. The Hall–Kier alpha value is -2.14. The standard InChI is InChI=1S/C16H20N4O/c21-16(15-8-4-5-9-17-15)19-14-10-18-20(12-14)11-13-6-2-1-3-7-13/h1-3,6-7,10,12,15,17H,4-5,8-9,11H2,(H,19,21)/t15-/m1/s1. The monoisotopic (exact) mass is 284 g/mol. The molecule has 1 aromatic heterocycles. The Labute approximate surface area is 124 Å². The summed E-state index contributed by atoms with van der Waals surface area (Å²) in [6, 6.07) is 10.1. The summed E-state index contributed by atoms with van der Waals surface area (Å²) in [7, 11) is 0. The first-order valence-electron chi connectivity index (χ1n) is 7.42. The lowest BCUT2D eigenvalue weighted by Crippen LogP contribution is -2.43. The van der Waals surface area contributed by atoms with Gasteiger partial charge in [0, 0.05) is 6.20 Å². The van der Waals surface area contributed by atoms with Crippen molar-refractivity contribution in [3.8, 4) is 0 Å². The number of rotatable bonds is 4. The average Bonchev–Trinajstić information content (AvgIpc) is 2.96. The second-order valence-electron chi connectivity index (χ2n) is 5.40. The maximum atomic E-state index is 12.1. The molecular weight excluding hydrogens is 264 g/mol. The van der Waals surface area contributed by atoms with E-state index in [4.69, 9.17) is 0 Å². The Morgan fingerprint density at radius 2 is 2.19 bits per heavy atom. The van der Waals surface area contributed by atoms with Crippen LogP contribution in [-0.4, -0.2) is 28.3 Å². The molecule has 1 atom stereocenters. The lowest BCUT2D eigenvalue weighted by molar-refractivity contribution is -0.118. The summed E-state index contributed by atoms with van der Waals surface area (Å²) in [6.45, 7) is 1.63. The summed E-state index contributed by atoms with van der Waals surface area (Å²) in [5, 5.41) is 10.5. The van der Waals surface area contributed by atoms with Gasteiger partial charge in [-0.3, -0.25) is 9.48 Å². The molecule has 1 saturated heterocycles. The van der Waals surface area contributed by atoms with Crippen LogP contribution >= 0.6 is 0 Å². The molecule has 5 heteroatoms. The van der Waals surface area contributed by atoms with Crippen LogP contribution in [0.3, 0.4) is 0 Å². The highest BCUT2D eigenvalue weighted by atomic mass is 16.2. The number of hydrogen-bond acceptors (Lipinski definition) is 3. The van der Waals surface area contributed by atoms with Crippen LogP contribution in [0.1, 0.15) is 24.8 Å². The highest BCUT2D eigenvalue weighted by molar-refractivity contribution is 5.94. The molecule has 110 valence electrons. The van der Waals surface area contributed by atoms with E-state index in [0.717, 1.165) is 31.5 Å². The lowest BCUT2D eigenvalue weighted by Gasteiger charge is -2.22. The van der Waals surface area contributed by atoms with Crippen LogP contribution in [0.5, 0.6) is 0 Å². The zero-order valence-corrected chi connectivity index (χ0v) is 12.0. The molecule has 2 N–H and O–H groups in total. The van der Waals surface area contributed by atoms with Crippen molar-refractivity contribution in [2.45, 2.75) is 31.8 Å². The van der Waals surface area contributed by atoms with Gasteiger partial charge in [0.2, 0.25) is 5.91 Å². The van der Waals surface area contributed by atoms with E-state index in [1.807, 2.05) is 29.1 Å². The van der Waals surface area contributed by atoms with Crippen LogP contribution < -0.4 is 10.6 Å². The van der Waals surface area contributed by atoms with Gasteiger partial charge >= 0.3 is 0 Å². The fourth-order valence-electron chi connectivity index (χ4n) is 2.59. The van der Waals surface area contributed by atoms with Crippen molar-refractivity contribution >= 4 is 11.6 Å². The first kappa shape index (κ1) is 13.8. The van der Waals surface area contributed by atoms with E-state index < -0.39 is 0 Å². The summed E-state index contributed by atoms with van der Waals surface area (Å²) < 4.78 is 1.83. The lowest BCUT2D eigenvalue weighted by atomic mass is 10.0. The van der Waals surface area contributed by atoms with Gasteiger partial charge in [-0.2, -0.15) is 5.10 Å². The minimum atomic E-state index is -0.0729. The Balaban J connectivity index is 1.58. The second kappa shape index (κ2) is 6.54. The van der Waals surface area contributed by atoms with Gasteiger partial charge in [0.25, 0.3) is 0 Å². The number of anilines is 1. The van der Waals surface area contributed by atoms with Crippen molar-refractivity contribution in [2.24, 2.45) is 0 Å². The van der Waals surface area contributed by atoms with Gasteiger partial charge in [0.05, 0.1) is 24.5 Å². The van der Waals surface area contributed by atoms with Gasteiger partial charge in [-0.25, -0.2) is 0 Å². The number of benzene rings is 1. The average molecular weight is 284 g/mol. The molecule has 1 aliphatic rings. The molecule has 1 aliphatic heterocycles. The number of carbonyl (C=O) groups excluding carboxylic acids is 1. The molecule has 1 amide bonds. The minimum Gasteiger partial charge on any atom is -0.322 e. The van der Waals surface area contributed by atoms with E-state index >= 15 is 0 Å². The van der Waals surface area contributed by atoms with Crippen LogP contribution in [0.25, 0.3) is 0 Å². The number of nitrogens with one attached hydrogen (secondary N) is 2. The van der Waals surface area contributed by atoms with Crippen molar-refractivity contribution in [2.75, 3.05) is 11.9 Å². The van der Waals surface area contributed by atoms with E-state index in [1.54, 1.807) is 6.20 Å². The molecule has 1 fully saturated rings. The van der Waals surface area contributed by atoms with Gasteiger partial charge in [0.15, 0.2) is 0 Å². The first-order chi connectivity index (χ1) is 10.3. The van der Waals surface area contributed by atoms with Gasteiger partial charge in [0.1, 0.15) is 0 Å². The van der Waals surface area contributed by atoms with Crippen molar-refractivity contribution in [3.05, 3.63) is 48.3 Å². The normalized spacial score (nSPS) is 18.4. The molecule has 1 aromatic carbocycles. The predicted octanol–water partition coefficient (Wildman–Crippen LogP) is 2.01. The summed E-state index contributed by atoms with van der Waals surface area (Å²) in [6.07, 6.45) is 6.73. The smallest absolute Gasteiger partial charge is 0.241 e. The maximum absolute atomic E-state index is 12.1. The van der Waals surface area contributed by atoms with Crippen LogP contribution in [0.4, 0.5) is 5.69 Å². The van der Waals surface area contributed by atoms with Crippen LogP contribution in [0, 0.1) is 0 Å². The molecular formula is C16H20N4O. The van der Waals surface area contributed by atoms with Crippen LogP contribution in [0.2, 0.25) is 0 Å². The molecule has 0 bridgehead atoms. The molecule has 3 rings (SSSR count). The number of carbonyl (C=O) groups is 1. The fraction of sp³-hybridized carbons (Fsp3) is 0.375. The third-order valence-electron chi connectivity index (χ3n) is 3.71. The van der Waals surface area contributed by atoms with E-state index in [2.05, 4.69) is 27.9 Å². The summed E-state index contributed by atoms with van der Waals surface area (Å²) >= 11 is 0. The van der Waals surface area contributed by atoms with Crippen molar-refractivity contribution in [3.63, 3.8) is 0 Å². The molecule has 0 unspecified atom stereocenters. The predicted molar refractivity (Wildman–Crippen MR) is 82.0 cm³/mol. The third-order valence-corrected chi connectivity index (χ3v) is 3.71. The van der Waals surface area contributed by atoms with Crippen molar-refractivity contribution < 1.29 is 4.79 Å².